The third-order valence-electron chi connectivity index (χ3n) is 5.79. The number of ether oxygens (including phenoxy) is 1. The van der Waals surface area contributed by atoms with Crippen LogP contribution >= 0.6 is 0 Å². The van der Waals surface area contributed by atoms with Crippen molar-refractivity contribution in [3.8, 4) is 5.75 Å². The van der Waals surface area contributed by atoms with Gasteiger partial charge in [0.1, 0.15) is 5.75 Å². The lowest BCUT2D eigenvalue weighted by Gasteiger charge is -2.45. The molecular weight excluding hydrogens is 401 g/mol. The molecule has 2 aliphatic heterocycles. The quantitative estimate of drug-likeness (QED) is 0.514. The number of rotatable bonds is 5. The van der Waals surface area contributed by atoms with Crippen molar-refractivity contribution < 1.29 is 26.7 Å². The molecule has 0 saturated carbocycles. The predicted molar refractivity (Wildman–Crippen MR) is 104 cm³/mol. The van der Waals surface area contributed by atoms with Gasteiger partial charge in [0.25, 0.3) is 0 Å². The number of alkyl halides is 5. The van der Waals surface area contributed by atoms with Crippen LogP contribution in [0.4, 0.5) is 22.0 Å². The van der Waals surface area contributed by atoms with Crippen molar-refractivity contribution in [3.05, 3.63) is 71.8 Å². The van der Waals surface area contributed by atoms with Crippen LogP contribution < -0.4 is 4.74 Å². The summed E-state index contributed by atoms with van der Waals surface area (Å²) in [4.78, 5) is 2.50. The maximum atomic E-state index is 13.1. The highest BCUT2D eigenvalue weighted by Gasteiger charge is 2.61. The van der Waals surface area contributed by atoms with Crippen LogP contribution in [0.3, 0.4) is 0 Å². The zero-order chi connectivity index (χ0) is 21.4. The molecule has 2 aliphatic rings. The van der Waals surface area contributed by atoms with Gasteiger partial charge in [0.2, 0.25) is 0 Å². The Labute approximate surface area is 172 Å². The minimum absolute atomic E-state index is 0.290. The zero-order valence-corrected chi connectivity index (χ0v) is 16.2. The molecule has 2 aromatic rings. The van der Waals surface area contributed by atoms with E-state index in [0.29, 0.717) is 6.04 Å². The Kier molecular flexibility index (Phi) is 5.57. The van der Waals surface area contributed by atoms with E-state index in [2.05, 4.69) is 27.8 Å². The fourth-order valence-electron chi connectivity index (χ4n) is 4.32. The molecule has 0 N–H and O–H groups in total. The standard InChI is InChI=1S/C23H22F5NO/c24-22(25,26)23(27,28)30-21-11-9-17(10-12-21)18-13-19-7-4-8-20(14-18)29(19)15-16-5-2-1-3-6-16/h1-3,5-6,9-13,19-20H,4,7-8,14-15H2. The summed E-state index contributed by atoms with van der Waals surface area (Å²) < 4.78 is 67.0. The lowest BCUT2D eigenvalue weighted by Crippen LogP contribution is -2.47. The van der Waals surface area contributed by atoms with Gasteiger partial charge in [-0.2, -0.15) is 22.0 Å². The monoisotopic (exact) mass is 423 g/mol. The van der Waals surface area contributed by atoms with Gasteiger partial charge in [-0.3, -0.25) is 4.90 Å². The number of benzene rings is 2. The second kappa shape index (κ2) is 8.02. The Balaban J connectivity index is 1.50. The van der Waals surface area contributed by atoms with Crippen LogP contribution in [0.1, 0.15) is 36.8 Å². The first-order valence-electron chi connectivity index (χ1n) is 9.97. The molecule has 2 nitrogen and oxygen atoms in total. The predicted octanol–water partition coefficient (Wildman–Crippen LogP) is 6.43. The fraction of sp³-hybridized carbons (Fsp3) is 0.391. The van der Waals surface area contributed by atoms with Gasteiger partial charge in [-0.25, -0.2) is 0 Å². The Morgan fingerprint density at radius 2 is 1.60 bits per heavy atom. The molecule has 2 heterocycles. The van der Waals surface area contributed by atoms with Gasteiger partial charge >= 0.3 is 12.3 Å². The topological polar surface area (TPSA) is 12.5 Å². The summed E-state index contributed by atoms with van der Waals surface area (Å²) in [7, 11) is 0. The average molecular weight is 423 g/mol. The van der Waals surface area contributed by atoms with E-state index in [1.807, 2.05) is 18.2 Å². The van der Waals surface area contributed by atoms with Gasteiger partial charge in [0, 0.05) is 18.6 Å². The molecule has 4 rings (SSSR count). The Hall–Kier alpha value is -2.41. The maximum absolute atomic E-state index is 13.1. The van der Waals surface area contributed by atoms with Crippen LogP contribution in [-0.4, -0.2) is 29.3 Å². The largest absolute Gasteiger partial charge is 0.499 e. The van der Waals surface area contributed by atoms with Crippen LogP contribution in [-0.2, 0) is 6.54 Å². The van der Waals surface area contributed by atoms with Gasteiger partial charge in [-0.05, 0) is 48.1 Å². The van der Waals surface area contributed by atoms with E-state index in [0.717, 1.165) is 43.4 Å². The summed E-state index contributed by atoms with van der Waals surface area (Å²) in [6.07, 6.45) is -4.65. The summed E-state index contributed by atoms with van der Waals surface area (Å²) in [5.41, 5.74) is 3.19. The lowest BCUT2D eigenvalue weighted by molar-refractivity contribution is -0.360. The smallest absolute Gasteiger partial charge is 0.426 e. The van der Waals surface area contributed by atoms with E-state index in [4.69, 9.17) is 0 Å². The van der Waals surface area contributed by atoms with Crippen LogP contribution in [0.15, 0.2) is 60.7 Å². The summed E-state index contributed by atoms with van der Waals surface area (Å²) in [5, 5.41) is 0. The van der Waals surface area contributed by atoms with E-state index in [9.17, 15) is 22.0 Å². The van der Waals surface area contributed by atoms with E-state index >= 15 is 0 Å². The van der Waals surface area contributed by atoms with Gasteiger partial charge in [-0.1, -0.05) is 55.0 Å². The van der Waals surface area contributed by atoms with Crippen molar-refractivity contribution in [2.75, 3.05) is 0 Å². The molecule has 1 fully saturated rings. The summed E-state index contributed by atoms with van der Waals surface area (Å²) in [5.74, 6) is -0.511. The van der Waals surface area contributed by atoms with Gasteiger partial charge < -0.3 is 4.74 Å². The fourth-order valence-corrected chi connectivity index (χ4v) is 4.32. The number of fused-ring (bicyclic) bond motifs is 2. The van der Waals surface area contributed by atoms with Gasteiger partial charge in [-0.15, -0.1) is 0 Å². The molecule has 2 atom stereocenters. The van der Waals surface area contributed by atoms with Crippen LogP contribution in [0.25, 0.3) is 5.57 Å². The zero-order valence-electron chi connectivity index (χ0n) is 16.2. The Bertz CT molecular complexity index is 892. The molecule has 0 aliphatic carbocycles. The third kappa shape index (κ3) is 4.36. The highest BCUT2D eigenvalue weighted by atomic mass is 19.4. The van der Waals surface area contributed by atoms with E-state index in [-0.39, 0.29) is 6.04 Å². The highest BCUT2D eigenvalue weighted by Crippen LogP contribution is 2.40. The van der Waals surface area contributed by atoms with Crippen LogP contribution in [0.2, 0.25) is 0 Å². The minimum atomic E-state index is -5.75. The van der Waals surface area contributed by atoms with Crippen molar-refractivity contribution in [2.45, 2.75) is 56.6 Å². The number of halogens is 5. The molecule has 0 radical (unpaired) electrons. The molecule has 0 amide bonds. The first kappa shape index (κ1) is 20.8. The molecular formula is C23H22F5NO. The second-order valence-electron chi connectivity index (χ2n) is 7.85. The molecule has 30 heavy (non-hydrogen) atoms. The van der Waals surface area contributed by atoms with Crippen molar-refractivity contribution in [1.82, 2.24) is 4.90 Å². The van der Waals surface area contributed by atoms with E-state index in [1.165, 1.54) is 17.7 Å². The molecule has 160 valence electrons. The van der Waals surface area contributed by atoms with Gasteiger partial charge in [0.05, 0.1) is 0 Å². The molecule has 0 aromatic heterocycles. The SMILES string of the molecule is FC(F)(F)C(F)(F)Oc1ccc(C2=CC3CCCC(C2)N3Cc2ccccc2)cc1. The lowest BCUT2D eigenvalue weighted by atomic mass is 9.82. The highest BCUT2D eigenvalue weighted by molar-refractivity contribution is 5.68. The molecule has 1 saturated heterocycles. The van der Waals surface area contributed by atoms with Crippen molar-refractivity contribution in [1.29, 1.82) is 0 Å². The minimum Gasteiger partial charge on any atom is -0.426 e. The number of hydrogen-bond donors (Lipinski definition) is 0. The van der Waals surface area contributed by atoms with Crippen molar-refractivity contribution in [2.24, 2.45) is 0 Å². The molecule has 2 unspecified atom stereocenters. The van der Waals surface area contributed by atoms with E-state index < -0.39 is 18.0 Å². The number of hydrogen-bond acceptors (Lipinski definition) is 2. The Morgan fingerprint density at radius 1 is 0.900 bits per heavy atom. The Morgan fingerprint density at radius 3 is 2.23 bits per heavy atom. The summed E-state index contributed by atoms with van der Waals surface area (Å²) in [6.45, 7) is 0.874. The maximum Gasteiger partial charge on any atom is 0.499 e. The van der Waals surface area contributed by atoms with Crippen LogP contribution in [0.5, 0.6) is 5.75 Å². The third-order valence-corrected chi connectivity index (χ3v) is 5.79. The first-order valence-corrected chi connectivity index (χ1v) is 9.97. The molecule has 7 heteroatoms. The van der Waals surface area contributed by atoms with Crippen molar-refractivity contribution in [3.63, 3.8) is 0 Å². The van der Waals surface area contributed by atoms with Gasteiger partial charge in [0.15, 0.2) is 0 Å². The molecule has 2 bridgehead atoms. The number of nitrogens with zero attached hydrogens (tertiary/aromatic N) is 1. The van der Waals surface area contributed by atoms with Crippen molar-refractivity contribution >= 4 is 5.57 Å². The molecule has 2 aromatic carbocycles. The number of piperidine rings is 1. The second-order valence-corrected chi connectivity index (χ2v) is 7.85. The average Bonchev–Trinajstić information content (AvgIpc) is 2.68. The normalized spacial score (nSPS) is 22.5. The summed E-state index contributed by atoms with van der Waals surface area (Å²) in [6, 6.07) is 16.4. The summed E-state index contributed by atoms with van der Waals surface area (Å²) >= 11 is 0. The van der Waals surface area contributed by atoms with E-state index in [1.54, 1.807) is 12.1 Å². The first-order chi connectivity index (χ1) is 14.2. The molecule has 0 spiro atoms. The van der Waals surface area contributed by atoms with Crippen LogP contribution in [0, 0.1) is 0 Å².